The molecule has 0 aromatic carbocycles. The molecule has 1 aliphatic heterocycles. The molecule has 0 aromatic rings. The van der Waals surface area contributed by atoms with Crippen molar-refractivity contribution in [2.75, 3.05) is 26.4 Å². The number of unbranched alkanes of at least 4 members (excludes halogenated alkanes) is 10. The largest absolute Gasteiger partial charge is 0.472 e. The maximum absolute atomic E-state index is 12.6. The van der Waals surface area contributed by atoms with Crippen molar-refractivity contribution in [1.82, 2.24) is 0 Å². The van der Waals surface area contributed by atoms with Crippen molar-refractivity contribution in [3.63, 3.8) is 0 Å². The van der Waals surface area contributed by atoms with Crippen LogP contribution in [0.25, 0.3) is 0 Å². The number of phosphoric ester groups is 2. The third kappa shape index (κ3) is 33.8. The van der Waals surface area contributed by atoms with E-state index in [0.29, 0.717) is 31.5 Å². The molecule has 4 N–H and O–H groups in total. The molecule has 1 saturated heterocycles. The van der Waals surface area contributed by atoms with Crippen LogP contribution in [0.4, 0.5) is 0 Å². The van der Waals surface area contributed by atoms with E-state index in [4.69, 9.17) is 28.5 Å². The standard InChI is InChI=1S/C41H74O14P2/c1-4-6-21-27-38-39(55-38)28-23-18-14-9-7-8-10-16-20-25-30-41(44)54-37(34-53-57(48,49)52-32-36(42)31-51-56(45,46)47)33-50-40(43)29-24-19-15-12-11-13-17-22-26-35(3)5-2/h7,9-10,16,18,23,35-39,42H,4-6,8,11-15,17,19-22,24-34H2,1-3H3,(H,48,49)(H2,45,46,47)/b9-7-,16-10-,23-18-/t35?,36-,37+,38?,39?/m0/s1. The number of phosphoric acid groups is 2. The lowest BCUT2D eigenvalue weighted by molar-refractivity contribution is -0.161. The predicted molar refractivity (Wildman–Crippen MR) is 220 cm³/mol. The summed E-state index contributed by atoms with van der Waals surface area (Å²) in [6, 6.07) is 0. The highest BCUT2D eigenvalue weighted by atomic mass is 31.2. The van der Waals surface area contributed by atoms with Gasteiger partial charge >= 0.3 is 27.6 Å². The van der Waals surface area contributed by atoms with Crippen LogP contribution in [0.2, 0.25) is 0 Å². The molecule has 332 valence electrons. The minimum absolute atomic E-state index is 0.0521. The van der Waals surface area contributed by atoms with Gasteiger partial charge in [0.05, 0.1) is 32.0 Å². The zero-order valence-electron chi connectivity index (χ0n) is 34.8. The van der Waals surface area contributed by atoms with Gasteiger partial charge in [-0.1, -0.05) is 134 Å². The Morgan fingerprint density at radius 1 is 0.684 bits per heavy atom. The third-order valence-corrected chi connectivity index (χ3v) is 10.9. The van der Waals surface area contributed by atoms with Gasteiger partial charge in [-0.3, -0.25) is 23.2 Å². The number of hydrogen-bond donors (Lipinski definition) is 4. The molecule has 0 radical (unpaired) electrons. The van der Waals surface area contributed by atoms with Crippen molar-refractivity contribution >= 4 is 27.6 Å². The highest BCUT2D eigenvalue weighted by Gasteiger charge is 2.36. The topological polar surface area (TPSA) is 208 Å². The maximum Gasteiger partial charge on any atom is 0.472 e. The molecule has 1 rings (SSSR count). The molecule has 0 aliphatic carbocycles. The molecular weight excluding hydrogens is 778 g/mol. The molecule has 1 aliphatic rings. The number of epoxide rings is 1. The van der Waals surface area contributed by atoms with Crippen LogP contribution in [0.5, 0.6) is 0 Å². The van der Waals surface area contributed by atoms with E-state index in [9.17, 15) is 28.7 Å². The molecule has 0 saturated carbocycles. The Kier molecular flexibility index (Phi) is 30.9. The fourth-order valence-corrected chi connectivity index (χ4v) is 6.92. The smallest absolute Gasteiger partial charge is 0.462 e. The third-order valence-electron chi connectivity index (χ3n) is 9.49. The van der Waals surface area contributed by atoms with Gasteiger partial charge in [0.15, 0.2) is 6.10 Å². The van der Waals surface area contributed by atoms with Crippen molar-refractivity contribution in [3.05, 3.63) is 36.5 Å². The van der Waals surface area contributed by atoms with Crippen LogP contribution in [0.15, 0.2) is 36.5 Å². The molecule has 1 fully saturated rings. The fourth-order valence-electron chi connectivity index (χ4n) is 5.76. The monoisotopic (exact) mass is 852 g/mol. The first-order valence-electron chi connectivity index (χ1n) is 21.2. The summed E-state index contributed by atoms with van der Waals surface area (Å²) in [4.78, 5) is 52.6. The first-order valence-corrected chi connectivity index (χ1v) is 24.2. The summed E-state index contributed by atoms with van der Waals surface area (Å²) in [6.45, 7) is 3.95. The number of carbonyl (C=O) groups excluding carboxylic acids is 2. The van der Waals surface area contributed by atoms with Gasteiger partial charge in [0.2, 0.25) is 0 Å². The summed E-state index contributed by atoms with van der Waals surface area (Å²) in [5.41, 5.74) is 0. The van der Waals surface area contributed by atoms with Crippen molar-refractivity contribution in [1.29, 1.82) is 0 Å². The van der Waals surface area contributed by atoms with Crippen LogP contribution < -0.4 is 0 Å². The van der Waals surface area contributed by atoms with E-state index in [1.165, 1.54) is 57.8 Å². The minimum Gasteiger partial charge on any atom is -0.462 e. The van der Waals surface area contributed by atoms with E-state index in [2.05, 4.69) is 54.1 Å². The van der Waals surface area contributed by atoms with E-state index >= 15 is 0 Å². The Bertz CT molecular complexity index is 1240. The van der Waals surface area contributed by atoms with Gasteiger partial charge in [0.25, 0.3) is 0 Å². The minimum atomic E-state index is -4.87. The summed E-state index contributed by atoms with van der Waals surface area (Å²) in [6.07, 6.45) is 30.5. The summed E-state index contributed by atoms with van der Waals surface area (Å²) in [5.74, 6) is -0.312. The average Bonchev–Trinajstić information content (AvgIpc) is 3.92. The molecule has 14 nitrogen and oxygen atoms in total. The molecule has 6 atom stereocenters. The summed E-state index contributed by atoms with van der Waals surface area (Å²) in [5, 5.41) is 9.73. The van der Waals surface area contributed by atoms with Crippen LogP contribution >= 0.6 is 15.6 Å². The number of esters is 2. The molecule has 0 spiro atoms. The van der Waals surface area contributed by atoms with E-state index < -0.39 is 66.2 Å². The van der Waals surface area contributed by atoms with Gasteiger partial charge in [-0.25, -0.2) is 9.13 Å². The molecule has 57 heavy (non-hydrogen) atoms. The van der Waals surface area contributed by atoms with Gasteiger partial charge in [0.1, 0.15) is 12.7 Å². The first kappa shape index (κ1) is 53.3. The quantitative estimate of drug-likeness (QED) is 0.0150. The second-order valence-corrected chi connectivity index (χ2v) is 17.6. The zero-order valence-corrected chi connectivity index (χ0v) is 36.6. The lowest BCUT2D eigenvalue weighted by Gasteiger charge is -2.20. The van der Waals surface area contributed by atoms with Crippen molar-refractivity contribution < 1.29 is 66.3 Å². The number of carbonyl (C=O) groups is 2. The van der Waals surface area contributed by atoms with E-state index in [0.717, 1.165) is 50.9 Å². The molecule has 0 aromatic heterocycles. The Morgan fingerprint density at radius 2 is 1.28 bits per heavy atom. The number of ether oxygens (including phenoxy) is 3. The lowest BCUT2D eigenvalue weighted by Crippen LogP contribution is -2.29. The molecule has 16 heteroatoms. The summed E-state index contributed by atoms with van der Waals surface area (Å²) >= 11 is 0. The maximum atomic E-state index is 12.6. The Balaban J connectivity index is 2.41. The van der Waals surface area contributed by atoms with E-state index in [1.54, 1.807) is 0 Å². The molecule has 1 heterocycles. The highest BCUT2D eigenvalue weighted by molar-refractivity contribution is 7.47. The molecule has 0 bridgehead atoms. The van der Waals surface area contributed by atoms with Crippen LogP contribution in [0.1, 0.15) is 156 Å². The van der Waals surface area contributed by atoms with E-state index in [-0.39, 0.29) is 12.8 Å². The second-order valence-electron chi connectivity index (χ2n) is 14.9. The summed E-state index contributed by atoms with van der Waals surface area (Å²) < 4.78 is 53.4. The van der Waals surface area contributed by atoms with Gasteiger partial charge in [-0.15, -0.1) is 0 Å². The highest BCUT2D eigenvalue weighted by Crippen LogP contribution is 2.44. The van der Waals surface area contributed by atoms with Crippen LogP contribution in [0.3, 0.4) is 0 Å². The van der Waals surface area contributed by atoms with Gasteiger partial charge in [-0.05, 0) is 50.9 Å². The Labute approximate surface area is 342 Å². The van der Waals surface area contributed by atoms with Gasteiger partial charge in [0, 0.05) is 12.8 Å². The van der Waals surface area contributed by atoms with Crippen molar-refractivity contribution in [3.8, 4) is 0 Å². The van der Waals surface area contributed by atoms with Gasteiger partial charge in [-0.2, -0.15) is 0 Å². The summed E-state index contributed by atoms with van der Waals surface area (Å²) in [7, 11) is -9.69. The van der Waals surface area contributed by atoms with Crippen LogP contribution in [-0.2, 0) is 46.5 Å². The molecule has 4 unspecified atom stereocenters. The van der Waals surface area contributed by atoms with Crippen molar-refractivity contribution in [2.45, 2.75) is 180 Å². The average molecular weight is 853 g/mol. The SMILES string of the molecule is CCCCCC1OC1C/C=C\C/C=C\C/C=C\CCCC(=O)O[C@H](COC(=O)CCCCCCCCCCC(C)CC)COP(=O)(O)OC[C@@H](O)COP(=O)(O)O. The number of hydrogen-bond acceptors (Lipinski definition) is 11. The normalized spacial score (nSPS) is 18.6. The molecule has 0 amide bonds. The van der Waals surface area contributed by atoms with Crippen LogP contribution in [-0.4, -0.2) is 82.6 Å². The van der Waals surface area contributed by atoms with Crippen molar-refractivity contribution in [2.24, 2.45) is 5.92 Å². The number of aliphatic hydroxyl groups is 1. The first-order chi connectivity index (χ1) is 27.2. The lowest BCUT2D eigenvalue weighted by atomic mass is 9.99. The number of rotatable bonds is 38. The Morgan fingerprint density at radius 3 is 1.95 bits per heavy atom. The number of allylic oxidation sites excluding steroid dienone is 5. The Hall–Kier alpha value is -1.70. The van der Waals surface area contributed by atoms with Crippen LogP contribution in [0, 0.1) is 5.92 Å². The predicted octanol–water partition coefficient (Wildman–Crippen LogP) is 9.35. The molecular formula is C41H74O14P2. The zero-order chi connectivity index (χ0) is 42.2. The van der Waals surface area contributed by atoms with E-state index in [1.807, 2.05) is 12.2 Å². The fraction of sp³-hybridized carbons (Fsp3) is 0.805. The second kappa shape index (κ2) is 33.1. The number of aliphatic hydroxyl groups excluding tert-OH is 1. The van der Waals surface area contributed by atoms with Gasteiger partial charge < -0.3 is 34.0 Å².